The second-order valence-corrected chi connectivity index (χ2v) is 6.08. The number of carbonyl (C=O) groups is 1. The van der Waals surface area contributed by atoms with Crippen LogP contribution in [0.1, 0.15) is 16.8 Å². The molecule has 0 aliphatic carbocycles. The van der Waals surface area contributed by atoms with Crippen LogP contribution in [0.15, 0.2) is 30.7 Å². The summed E-state index contributed by atoms with van der Waals surface area (Å²) in [5.74, 6) is 0.0682. The molecule has 0 radical (unpaired) electrons. The highest BCUT2D eigenvalue weighted by molar-refractivity contribution is 6.06. The molecule has 2 bridgehead atoms. The molecule has 23 heavy (non-hydrogen) atoms. The average Bonchev–Trinajstić information content (AvgIpc) is 3.24. The third-order valence-corrected chi connectivity index (χ3v) is 4.75. The van der Waals surface area contributed by atoms with E-state index in [-0.39, 0.29) is 18.0 Å². The molecule has 5 rings (SSSR count). The largest absolute Gasteiger partial charge is 0.377 e. The molecule has 116 valence electrons. The van der Waals surface area contributed by atoms with E-state index >= 15 is 0 Å². The number of hydrogen-bond acceptors (Lipinski definition) is 4. The molecule has 2 atom stereocenters. The lowest BCUT2D eigenvalue weighted by Crippen LogP contribution is -2.65. The van der Waals surface area contributed by atoms with Gasteiger partial charge in [-0.25, -0.2) is 4.98 Å². The Kier molecular flexibility index (Phi) is 2.60. The van der Waals surface area contributed by atoms with Gasteiger partial charge in [0.1, 0.15) is 5.65 Å². The lowest BCUT2D eigenvalue weighted by atomic mass is 9.90. The fourth-order valence-corrected chi connectivity index (χ4v) is 3.54. The first-order chi connectivity index (χ1) is 11.3. The van der Waals surface area contributed by atoms with Crippen LogP contribution in [0.2, 0.25) is 0 Å². The molecular weight excluding hydrogens is 294 g/mol. The summed E-state index contributed by atoms with van der Waals surface area (Å²) in [5, 5.41) is 7.57. The first-order valence-electron chi connectivity index (χ1n) is 7.69. The van der Waals surface area contributed by atoms with Crippen LogP contribution in [0, 0.1) is 0 Å². The van der Waals surface area contributed by atoms with Crippen LogP contribution in [0.25, 0.3) is 22.3 Å². The maximum Gasteiger partial charge on any atom is 0.256 e. The Morgan fingerprint density at radius 1 is 1.26 bits per heavy atom. The number of aromatic nitrogens is 4. The molecule has 2 unspecified atom stereocenters. The summed E-state index contributed by atoms with van der Waals surface area (Å²) in [7, 11) is 0. The van der Waals surface area contributed by atoms with E-state index in [0.29, 0.717) is 24.4 Å². The van der Waals surface area contributed by atoms with Crippen LogP contribution in [-0.2, 0) is 4.74 Å². The predicted molar refractivity (Wildman–Crippen MR) is 82.9 cm³/mol. The molecule has 2 fully saturated rings. The van der Waals surface area contributed by atoms with Crippen molar-refractivity contribution in [3.05, 3.63) is 36.3 Å². The van der Waals surface area contributed by atoms with Gasteiger partial charge < -0.3 is 14.6 Å². The van der Waals surface area contributed by atoms with Gasteiger partial charge in [-0.15, -0.1) is 0 Å². The minimum Gasteiger partial charge on any atom is -0.377 e. The van der Waals surface area contributed by atoms with Crippen LogP contribution in [0.4, 0.5) is 0 Å². The number of fused-ring (bicyclic) bond motifs is 3. The second-order valence-electron chi connectivity index (χ2n) is 6.08. The van der Waals surface area contributed by atoms with Gasteiger partial charge in [0.05, 0.1) is 42.8 Å². The zero-order chi connectivity index (χ0) is 15.4. The predicted octanol–water partition coefficient (Wildman–Crippen LogP) is 1.57. The van der Waals surface area contributed by atoms with Gasteiger partial charge in [-0.1, -0.05) is 0 Å². The Morgan fingerprint density at radius 3 is 2.87 bits per heavy atom. The van der Waals surface area contributed by atoms with Crippen molar-refractivity contribution in [1.29, 1.82) is 0 Å². The number of morpholine rings is 1. The standard InChI is InChI=1S/C16H15N5O2/c22-16(21-10-3-11(21)8-23-7-10)13-6-17-15-12(13)1-2-14(20-15)9-4-18-19-5-9/h1-2,4-6,10-11H,3,7-8H2,(H,17,20)(H,18,19). The van der Waals surface area contributed by atoms with Crippen molar-refractivity contribution in [1.82, 2.24) is 25.1 Å². The van der Waals surface area contributed by atoms with Crippen molar-refractivity contribution in [2.45, 2.75) is 18.5 Å². The lowest BCUT2D eigenvalue weighted by Gasteiger charge is -2.52. The number of nitrogens with one attached hydrogen (secondary N) is 2. The smallest absolute Gasteiger partial charge is 0.256 e. The molecule has 3 aromatic rings. The van der Waals surface area contributed by atoms with Gasteiger partial charge in [0.25, 0.3) is 5.91 Å². The second kappa shape index (κ2) is 4.66. The van der Waals surface area contributed by atoms with E-state index in [0.717, 1.165) is 23.1 Å². The molecule has 7 nitrogen and oxygen atoms in total. The Hall–Kier alpha value is -2.67. The van der Waals surface area contributed by atoms with Gasteiger partial charge in [0.15, 0.2) is 0 Å². The molecule has 5 heterocycles. The topological polar surface area (TPSA) is 86.9 Å². The van der Waals surface area contributed by atoms with Crippen molar-refractivity contribution < 1.29 is 9.53 Å². The summed E-state index contributed by atoms with van der Waals surface area (Å²) in [6.07, 6.45) is 6.33. The number of carbonyl (C=O) groups excluding carboxylic acids is 1. The zero-order valence-corrected chi connectivity index (χ0v) is 12.3. The Labute approximate surface area is 131 Å². The molecule has 2 N–H and O–H groups in total. The molecular formula is C16H15N5O2. The van der Waals surface area contributed by atoms with Crippen LogP contribution in [-0.4, -0.2) is 56.3 Å². The van der Waals surface area contributed by atoms with Crippen LogP contribution < -0.4 is 0 Å². The first-order valence-corrected chi connectivity index (χ1v) is 7.69. The lowest BCUT2D eigenvalue weighted by molar-refractivity contribution is -0.104. The van der Waals surface area contributed by atoms with E-state index in [1.807, 2.05) is 17.0 Å². The number of hydrogen-bond donors (Lipinski definition) is 2. The Bertz CT molecular complexity index is 871. The Balaban J connectivity index is 1.52. The van der Waals surface area contributed by atoms with E-state index in [4.69, 9.17) is 4.74 Å². The average molecular weight is 309 g/mol. The highest BCUT2D eigenvalue weighted by Crippen LogP contribution is 2.33. The Morgan fingerprint density at radius 2 is 2.13 bits per heavy atom. The highest BCUT2D eigenvalue weighted by atomic mass is 16.5. The summed E-state index contributed by atoms with van der Waals surface area (Å²) in [6.45, 7) is 1.29. The van der Waals surface area contributed by atoms with Gasteiger partial charge >= 0.3 is 0 Å². The van der Waals surface area contributed by atoms with Crippen LogP contribution in [0.5, 0.6) is 0 Å². The number of H-pyrrole nitrogens is 2. The molecule has 2 aliphatic rings. The quantitative estimate of drug-likeness (QED) is 0.752. The van der Waals surface area contributed by atoms with Gasteiger partial charge in [0.2, 0.25) is 0 Å². The fourth-order valence-electron chi connectivity index (χ4n) is 3.54. The van der Waals surface area contributed by atoms with Crippen molar-refractivity contribution in [2.24, 2.45) is 0 Å². The van der Waals surface area contributed by atoms with Gasteiger partial charge in [-0.3, -0.25) is 9.89 Å². The SMILES string of the molecule is O=C(c1c[nH]c2nc(-c3cn[nH]c3)ccc12)N1C2COCC1C2. The third-order valence-electron chi connectivity index (χ3n) is 4.75. The molecule has 0 saturated carbocycles. The number of pyridine rings is 1. The van der Waals surface area contributed by atoms with Gasteiger partial charge in [-0.2, -0.15) is 5.10 Å². The summed E-state index contributed by atoms with van der Waals surface area (Å²) in [4.78, 5) is 22.5. The van der Waals surface area contributed by atoms with Crippen molar-refractivity contribution >= 4 is 16.9 Å². The molecule has 1 amide bonds. The molecule has 3 aromatic heterocycles. The van der Waals surface area contributed by atoms with Gasteiger partial charge in [0, 0.05) is 23.3 Å². The highest BCUT2D eigenvalue weighted by Gasteiger charge is 2.45. The minimum atomic E-state index is 0.0682. The fraction of sp³-hybridized carbons (Fsp3) is 0.312. The molecule has 2 saturated heterocycles. The van der Waals surface area contributed by atoms with Crippen molar-refractivity contribution in [3.63, 3.8) is 0 Å². The summed E-state index contributed by atoms with van der Waals surface area (Å²) >= 11 is 0. The maximum absolute atomic E-state index is 12.8. The number of ether oxygens (including phenoxy) is 1. The number of rotatable bonds is 2. The first kappa shape index (κ1) is 12.8. The molecule has 0 spiro atoms. The molecule has 7 heteroatoms. The minimum absolute atomic E-state index is 0.0682. The molecule has 2 aliphatic heterocycles. The number of nitrogens with zero attached hydrogens (tertiary/aromatic N) is 3. The van der Waals surface area contributed by atoms with E-state index in [1.165, 1.54) is 0 Å². The van der Waals surface area contributed by atoms with Crippen LogP contribution >= 0.6 is 0 Å². The summed E-state index contributed by atoms with van der Waals surface area (Å²) in [6, 6.07) is 4.31. The van der Waals surface area contributed by atoms with E-state index in [9.17, 15) is 4.79 Å². The number of aromatic amines is 2. The van der Waals surface area contributed by atoms with Gasteiger partial charge in [-0.05, 0) is 18.6 Å². The van der Waals surface area contributed by atoms with E-state index in [2.05, 4.69) is 20.2 Å². The monoisotopic (exact) mass is 309 g/mol. The number of amides is 1. The van der Waals surface area contributed by atoms with E-state index in [1.54, 1.807) is 18.6 Å². The molecule has 0 aromatic carbocycles. The van der Waals surface area contributed by atoms with Crippen molar-refractivity contribution in [3.8, 4) is 11.3 Å². The van der Waals surface area contributed by atoms with Crippen LogP contribution in [0.3, 0.4) is 0 Å². The third kappa shape index (κ3) is 1.83. The summed E-state index contributed by atoms with van der Waals surface area (Å²) in [5.41, 5.74) is 3.14. The summed E-state index contributed by atoms with van der Waals surface area (Å²) < 4.78 is 5.45. The van der Waals surface area contributed by atoms with E-state index < -0.39 is 0 Å². The normalized spacial score (nSPS) is 23.0. The zero-order valence-electron chi connectivity index (χ0n) is 12.3. The van der Waals surface area contributed by atoms with Crippen molar-refractivity contribution in [2.75, 3.05) is 13.2 Å². The maximum atomic E-state index is 12.8.